The van der Waals surface area contributed by atoms with E-state index < -0.39 is 0 Å². The number of nitrogens with one attached hydrogen (secondary N) is 1. The summed E-state index contributed by atoms with van der Waals surface area (Å²) in [6, 6.07) is 8.46. The minimum atomic E-state index is -0.0404. The first-order valence-electron chi connectivity index (χ1n) is 6.46. The molecule has 2 nitrogen and oxygen atoms in total. The van der Waals surface area contributed by atoms with Gasteiger partial charge in [-0.2, -0.15) is 0 Å². The number of halogens is 1. The van der Waals surface area contributed by atoms with Crippen molar-refractivity contribution < 1.29 is 4.79 Å². The van der Waals surface area contributed by atoms with Gasteiger partial charge in [-0.1, -0.05) is 46.3 Å². The van der Waals surface area contributed by atoms with Gasteiger partial charge in [0.1, 0.15) is 0 Å². The van der Waals surface area contributed by atoms with Crippen molar-refractivity contribution in [2.45, 2.75) is 32.7 Å². The lowest BCUT2D eigenvalue weighted by Crippen LogP contribution is -2.31. The van der Waals surface area contributed by atoms with Crippen molar-refractivity contribution in [3.8, 4) is 0 Å². The normalized spacial score (nSPS) is 13.0. The smallest absolute Gasteiger partial charge is 0.244 e. The molecule has 0 heterocycles. The highest BCUT2D eigenvalue weighted by Crippen LogP contribution is 2.12. The molecule has 1 aromatic carbocycles. The third kappa shape index (κ3) is 6.97. The minimum Gasteiger partial charge on any atom is -0.350 e. The maximum atomic E-state index is 11.5. The number of carbonyl (C=O) groups is 1. The number of amides is 1. The highest BCUT2D eigenvalue weighted by Gasteiger charge is 2.04. The molecule has 1 rings (SSSR count). The number of carbonyl (C=O) groups excluding carboxylic acids is 1. The lowest BCUT2D eigenvalue weighted by atomic mass is 10.1. The van der Waals surface area contributed by atoms with E-state index in [1.54, 1.807) is 12.2 Å². The van der Waals surface area contributed by atoms with Gasteiger partial charge in [0.15, 0.2) is 0 Å². The molecule has 0 radical (unpaired) electrons. The molecule has 0 saturated heterocycles. The molecule has 0 aliphatic rings. The highest BCUT2D eigenvalue weighted by atomic mass is 79.9. The predicted octanol–water partition coefficient (Wildman–Crippen LogP) is 4.02. The summed E-state index contributed by atoms with van der Waals surface area (Å²) >= 11 is 3.42. The summed E-state index contributed by atoms with van der Waals surface area (Å²) in [7, 11) is 0. The molecule has 0 aromatic heterocycles. The van der Waals surface area contributed by atoms with Crippen LogP contribution < -0.4 is 5.32 Å². The number of aryl methyl sites for hydroxylation is 1. The van der Waals surface area contributed by atoms with Gasteiger partial charge in [0.25, 0.3) is 0 Å². The van der Waals surface area contributed by atoms with Crippen LogP contribution in [0.4, 0.5) is 0 Å². The maximum Gasteiger partial charge on any atom is 0.244 e. The molecular formula is C16H20BrNO. The second-order valence-electron chi connectivity index (χ2n) is 4.46. The SMILES string of the molecule is C/C=C/C=C/C(=O)NC(C)CCc1ccc(Br)cc1. The van der Waals surface area contributed by atoms with Crippen LogP contribution in [0.5, 0.6) is 0 Å². The van der Waals surface area contributed by atoms with E-state index in [4.69, 9.17) is 0 Å². The molecule has 1 N–H and O–H groups in total. The van der Waals surface area contributed by atoms with Gasteiger partial charge in [-0.05, 0) is 44.4 Å². The van der Waals surface area contributed by atoms with Crippen molar-refractivity contribution in [3.63, 3.8) is 0 Å². The first kappa shape index (κ1) is 15.7. The molecule has 0 spiro atoms. The summed E-state index contributed by atoms with van der Waals surface area (Å²) in [5.74, 6) is -0.0404. The summed E-state index contributed by atoms with van der Waals surface area (Å²) in [5.41, 5.74) is 1.29. The monoisotopic (exact) mass is 321 g/mol. The molecule has 0 aliphatic heterocycles. The van der Waals surface area contributed by atoms with Gasteiger partial charge >= 0.3 is 0 Å². The summed E-state index contributed by atoms with van der Waals surface area (Å²) in [4.78, 5) is 11.5. The number of hydrogen-bond acceptors (Lipinski definition) is 1. The third-order valence-corrected chi connectivity index (χ3v) is 3.25. The molecular weight excluding hydrogens is 302 g/mol. The van der Waals surface area contributed by atoms with Crippen LogP contribution in [0.3, 0.4) is 0 Å². The van der Waals surface area contributed by atoms with Crippen LogP contribution in [0.1, 0.15) is 25.8 Å². The van der Waals surface area contributed by atoms with Gasteiger partial charge in [0.05, 0.1) is 0 Å². The Balaban J connectivity index is 2.33. The zero-order valence-electron chi connectivity index (χ0n) is 11.4. The fraction of sp³-hybridized carbons (Fsp3) is 0.312. The van der Waals surface area contributed by atoms with Crippen LogP contribution in [0, 0.1) is 0 Å². The zero-order valence-corrected chi connectivity index (χ0v) is 13.0. The first-order chi connectivity index (χ1) is 9.11. The first-order valence-corrected chi connectivity index (χ1v) is 7.25. The molecule has 1 atom stereocenters. The van der Waals surface area contributed by atoms with Crippen LogP contribution in [0.2, 0.25) is 0 Å². The number of benzene rings is 1. The molecule has 0 bridgehead atoms. The average Bonchev–Trinajstić information content (AvgIpc) is 2.38. The van der Waals surface area contributed by atoms with Crippen LogP contribution in [0.15, 0.2) is 53.0 Å². The van der Waals surface area contributed by atoms with Crippen LogP contribution >= 0.6 is 15.9 Å². The van der Waals surface area contributed by atoms with E-state index in [0.717, 1.165) is 17.3 Å². The van der Waals surface area contributed by atoms with E-state index in [-0.39, 0.29) is 11.9 Å². The highest BCUT2D eigenvalue weighted by molar-refractivity contribution is 9.10. The Morgan fingerprint density at radius 1 is 1.32 bits per heavy atom. The molecule has 102 valence electrons. The standard InChI is InChI=1S/C16H20BrNO/c1-3-4-5-6-16(19)18-13(2)7-8-14-9-11-15(17)12-10-14/h3-6,9-13H,7-8H2,1-2H3,(H,18,19)/b4-3+,6-5+. The van der Waals surface area contributed by atoms with Crippen molar-refractivity contribution >= 4 is 21.8 Å². The Labute approximate surface area is 123 Å². The quantitative estimate of drug-likeness (QED) is 0.622. The van der Waals surface area contributed by atoms with Crippen molar-refractivity contribution in [1.82, 2.24) is 5.32 Å². The second-order valence-corrected chi connectivity index (χ2v) is 5.38. The van der Waals surface area contributed by atoms with Crippen molar-refractivity contribution in [2.24, 2.45) is 0 Å². The molecule has 19 heavy (non-hydrogen) atoms. The zero-order chi connectivity index (χ0) is 14.1. The van der Waals surface area contributed by atoms with Crippen LogP contribution in [-0.4, -0.2) is 11.9 Å². The van der Waals surface area contributed by atoms with Gasteiger partial charge in [-0.25, -0.2) is 0 Å². The molecule has 1 amide bonds. The maximum absolute atomic E-state index is 11.5. The summed E-state index contributed by atoms with van der Waals surface area (Å²) in [6.07, 6.45) is 8.93. The Kier molecular flexibility index (Phi) is 7.19. The van der Waals surface area contributed by atoms with E-state index in [2.05, 4.69) is 33.4 Å². The Hall–Kier alpha value is -1.35. The van der Waals surface area contributed by atoms with Gasteiger partial charge in [-0.3, -0.25) is 4.79 Å². The van der Waals surface area contributed by atoms with E-state index in [9.17, 15) is 4.79 Å². The van der Waals surface area contributed by atoms with E-state index in [1.165, 1.54) is 5.56 Å². The lowest BCUT2D eigenvalue weighted by molar-refractivity contribution is -0.117. The van der Waals surface area contributed by atoms with Gasteiger partial charge in [0, 0.05) is 16.6 Å². The number of allylic oxidation sites excluding steroid dienone is 3. The average molecular weight is 322 g/mol. The number of rotatable bonds is 6. The summed E-state index contributed by atoms with van der Waals surface area (Å²) < 4.78 is 1.09. The van der Waals surface area contributed by atoms with Crippen LogP contribution in [-0.2, 0) is 11.2 Å². The molecule has 3 heteroatoms. The topological polar surface area (TPSA) is 29.1 Å². The van der Waals surface area contributed by atoms with Gasteiger partial charge < -0.3 is 5.32 Å². The van der Waals surface area contributed by atoms with Crippen LogP contribution in [0.25, 0.3) is 0 Å². The van der Waals surface area contributed by atoms with E-state index >= 15 is 0 Å². The van der Waals surface area contributed by atoms with Crippen molar-refractivity contribution in [2.75, 3.05) is 0 Å². The largest absolute Gasteiger partial charge is 0.350 e. The Bertz CT molecular complexity index is 448. The molecule has 0 aliphatic carbocycles. The third-order valence-electron chi connectivity index (χ3n) is 2.72. The molecule has 0 saturated carbocycles. The summed E-state index contributed by atoms with van der Waals surface area (Å²) in [5, 5.41) is 2.95. The molecule has 1 aromatic rings. The van der Waals surface area contributed by atoms with E-state index in [1.807, 2.05) is 38.1 Å². The fourth-order valence-corrected chi connectivity index (χ4v) is 1.92. The summed E-state index contributed by atoms with van der Waals surface area (Å²) in [6.45, 7) is 3.95. The molecule has 0 fully saturated rings. The lowest BCUT2D eigenvalue weighted by Gasteiger charge is -2.12. The van der Waals surface area contributed by atoms with E-state index in [0.29, 0.717) is 0 Å². The van der Waals surface area contributed by atoms with Gasteiger partial charge in [-0.15, -0.1) is 0 Å². The second kappa shape index (κ2) is 8.70. The van der Waals surface area contributed by atoms with Crippen molar-refractivity contribution in [3.05, 3.63) is 58.6 Å². The molecule has 1 unspecified atom stereocenters. The number of hydrogen-bond donors (Lipinski definition) is 1. The Morgan fingerprint density at radius 3 is 2.63 bits per heavy atom. The minimum absolute atomic E-state index is 0.0404. The van der Waals surface area contributed by atoms with Crippen molar-refractivity contribution in [1.29, 1.82) is 0 Å². The van der Waals surface area contributed by atoms with Gasteiger partial charge in [0.2, 0.25) is 5.91 Å². The fourth-order valence-electron chi connectivity index (χ4n) is 1.65. The Morgan fingerprint density at radius 2 is 2.00 bits per heavy atom. The predicted molar refractivity (Wildman–Crippen MR) is 84.0 cm³/mol.